The summed E-state index contributed by atoms with van der Waals surface area (Å²) >= 11 is 0. The van der Waals surface area contributed by atoms with Gasteiger partial charge in [-0.2, -0.15) is 0 Å². The van der Waals surface area contributed by atoms with E-state index in [0.717, 1.165) is 12.8 Å². The molecule has 6 heteroatoms. The standard InChI is InChI=1S/C24H30O6/c1-15(2)8-7-9-17(5)12-13-27-23-22(28-16(3)4)20-11-10-19(29-18(6)25)14-21(20)30-24(23)26/h8,10-12,14,16H,7,9,13H2,1-6H3/b17-12+. The van der Waals surface area contributed by atoms with Crippen molar-refractivity contribution in [2.75, 3.05) is 6.61 Å². The van der Waals surface area contributed by atoms with Crippen molar-refractivity contribution < 1.29 is 23.4 Å². The SMILES string of the molecule is CC(=O)Oc1ccc2c(OC(C)C)c(OC/C=C(\C)CCC=C(C)C)c(=O)oc2c1. The number of hydrogen-bond acceptors (Lipinski definition) is 6. The number of esters is 1. The van der Waals surface area contributed by atoms with Crippen molar-refractivity contribution in [3.8, 4) is 17.2 Å². The van der Waals surface area contributed by atoms with E-state index in [9.17, 15) is 9.59 Å². The van der Waals surface area contributed by atoms with E-state index in [1.807, 2.05) is 26.8 Å². The number of carbonyl (C=O) groups is 1. The topological polar surface area (TPSA) is 75.0 Å². The summed E-state index contributed by atoms with van der Waals surface area (Å²) in [5.74, 6) is 0.185. The summed E-state index contributed by atoms with van der Waals surface area (Å²) in [5.41, 5.74) is 2.08. The monoisotopic (exact) mass is 414 g/mol. The summed E-state index contributed by atoms with van der Waals surface area (Å²) in [4.78, 5) is 23.8. The molecule has 162 valence electrons. The van der Waals surface area contributed by atoms with Gasteiger partial charge in [-0.05, 0) is 65.7 Å². The Kier molecular flexibility index (Phi) is 8.27. The van der Waals surface area contributed by atoms with Gasteiger partial charge in [0.1, 0.15) is 17.9 Å². The van der Waals surface area contributed by atoms with Gasteiger partial charge < -0.3 is 18.6 Å². The summed E-state index contributed by atoms with van der Waals surface area (Å²) < 4.78 is 22.1. The van der Waals surface area contributed by atoms with Gasteiger partial charge in [0.15, 0.2) is 5.75 Å². The second kappa shape index (κ2) is 10.7. The lowest BCUT2D eigenvalue weighted by molar-refractivity contribution is -0.131. The lowest BCUT2D eigenvalue weighted by atomic mass is 10.1. The lowest BCUT2D eigenvalue weighted by Gasteiger charge is -2.16. The Labute approximate surface area is 177 Å². The number of ether oxygens (including phenoxy) is 3. The first-order chi connectivity index (χ1) is 14.2. The summed E-state index contributed by atoms with van der Waals surface area (Å²) in [6.45, 7) is 11.5. The van der Waals surface area contributed by atoms with Crippen molar-refractivity contribution in [2.45, 2.75) is 60.5 Å². The second-order valence-electron chi connectivity index (χ2n) is 7.65. The molecule has 1 heterocycles. The Morgan fingerprint density at radius 1 is 1.10 bits per heavy atom. The maximum atomic E-state index is 12.6. The molecule has 0 saturated heterocycles. The lowest BCUT2D eigenvalue weighted by Crippen LogP contribution is -2.14. The van der Waals surface area contributed by atoms with Gasteiger partial charge in [0.25, 0.3) is 0 Å². The molecule has 0 aliphatic carbocycles. The molecule has 0 aliphatic rings. The molecular formula is C24H30O6. The zero-order valence-electron chi connectivity index (χ0n) is 18.5. The minimum Gasteiger partial charge on any atom is -0.486 e. The van der Waals surface area contributed by atoms with Crippen LogP contribution in [0.2, 0.25) is 0 Å². The number of allylic oxidation sites excluding steroid dienone is 3. The van der Waals surface area contributed by atoms with E-state index in [0.29, 0.717) is 11.1 Å². The Morgan fingerprint density at radius 3 is 2.47 bits per heavy atom. The molecule has 2 aromatic rings. The minimum atomic E-state index is -0.645. The highest BCUT2D eigenvalue weighted by Crippen LogP contribution is 2.35. The fraction of sp³-hybridized carbons (Fsp3) is 0.417. The van der Waals surface area contributed by atoms with Crippen molar-refractivity contribution in [1.29, 1.82) is 0 Å². The maximum absolute atomic E-state index is 12.6. The van der Waals surface area contributed by atoms with E-state index in [-0.39, 0.29) is 29.8 Å². The van der Waals surface area contributed by atoms with Crippen LogP contribution in [-0.4, -0.2) is 18.7 Å². The molecule has 0 amide bonds. The van der Waals surface area contributed by atoms with E-state index < -0.39 is 11.6 Å². The number of benzene rings is 1. The molecule has 6 nitrogen and oxygen atoms in total. The van der Waals surface area contributed by atoms with Gasteiger partial charge >= 0.3 is 11.6 Å². The van der Waals surface area contributed by atoms with Gasteiger partial charge in [-0.1, -0.05) is 17.2 Å². The first kappa shape index (κ1) is 23.3. The third-order valence-electron chi connectivity index (χ3n) is 4.16. The Balaban J connectivity index is 2.31. The average Bonchev–Trinajstić information content (AvgIpc) is 2.62. The quantitative estimate of drug-likeness (QED) is 0.231. The molecule has 0 fully saturated rings. The van der Waals surface area contributed by atoms with Gasteiger partial charge in [-0.3, -0.25) is 4.79 Å². The third-order valence-corrected chi connectivity index (χ3v) is 4.16. The molecule has 0 radical (unpaired) electrons. The molecule has 0 bridgehead atoms. The summed E-state index contributed by atoms with van der Waals surface area (Å²) in [6, 6.07) is 4.79. The van der Waals surface area contributed by atoms with Crippen LogP contribution in [0.4, 0.5) is 0 Å². The number of hydrogen-bond donors (Lipinski definition) is 0. The van der Waals surface area contributed by atoms with Crippen LogP contribution >= 0.6 is 0 Å². The van der Waals surface area contributed by atoms with E-state index in [4.69, 9.17) is 18.6 Å². The van der Waals surface area contributed by atoms with Crippen molar-refractivity contribution in [3.05, 3.63) is 51.9 Å². The van der Waals surface area contributed by atoms with Crippen molar-refractivity contribution in [1.82, 2.24) is 0 Å². The molecule has 0 N–H and O–H groups in total. The fourth-order valence-electron chi connectivity index (χ4n) is 2.80. The van der Waals surface area contributed by atoms with Crippen LogP contribution in [0.25, 0.3) is 11.0 Å². The first-order valence-corrected chi connectivity index (χ1v) is 10.0. The van der Waals surface area contributed by atoms with Crippen LogP contribution in [0.1, 0.15) is 54.4 Å². The van der Waals surface area contributed by atoms with Gasteiger partial charge in [0.2, 0.25) is 5.75 Å². The zero-order valence-corrected chi connectivity index (χ0v) is 18.5. The highest BCUT2D eigenvalue weighted by Gasteiger charge is 2.19. The third kappa shape index (κ3) is 6.79. The molecule has 0 spiro atoms. The van der Waals surface area contributed by atoms with Gasteiger partial charge in [-0.25, -0.2) is 4.79 Å². The molecule has 0 saturated carbocycles. The Hall–Kier alpha value is -3.02. The average molecular weight is 414 g/mol. The van der Waals surface area contributed by atoms with E-state index in [2.05, 4.69) is 19.9 Å². The molecule has 1 aromatic carbocycles. The maximum Gasteiger partial charge on any atom is 0.383 e. The zero-order chi connectivity index (χ0) is 22.3. The van der Waals surface area contributed by atoms with Crippen LogP contribution in [0.15, 0.2) is 50.7 Å². The highest BCUT2D eigenvalue weighted by molar-refractivity contribution is 5.87. The molecule has 2 rings (SSSR count). The normalized spacial score (nSPS) is 11.5. The second-order valence-corrected chi connectivity index (χ2v) is 7.65. The minimum absolute atomic E-state index is 0.0322. The summed E-state index contributed by atoms with van der Waals surface area (Å²) in [5, 5.41) is 0.568. The Bertz CT molecular complexity index is 1010. The van der Waals surface area contributed by atoms with Crippen LogP contribution < -0.4 is 19.8 Å². The first-order valence-electron chi connectivity index (χ1n) is 10.0. The Morgan fingerprint density at radius 2 is 1.83 bits per heavy atom. The highest BCUT2D eigenvalue weighted by atomic mass is 16.5. The van der Waals surface area contributed by atoms with Crippen molar-refractivity contribution in [3.63, 3.8) is 0 Å². The van der Waals surface area contributed by atoms with Gasteiger partial charge in [0, 0.05) is 13.0 Å². The van der Waals surface area contributed by atoms with E-state index >= 15 is 0 Å². The molecule has 0 atom stereocenters. The van der Waals surface area contributed by atoms with E-state index in [1.165, 1.54) is 24.1 Å². The van der Waals surface area contributed by atoms with Crippen molar-refractivity contribution >= 4 is 16.9 Å². The predicted molar refractivity (Wildman–Crippen MR) is 117 cm³/mol. The predicted octanol–water partition coefficient (Wildman–Crippen LogP) is 5.58. The number of carbonyl (C=O) groups excluding carboxylic acids is 1. The molecule has 1 aromatic heterocycles. The van der Waals surface area contributed by atoms with Gasteiger partial charge in [-0.15, -0.1) is 0 Å². The van der Waals surface area contributed by atoms with Crippen LogP contribution in [-0.2, 0) is 4.79 Å². The fourth-order valence-corrected chi connectivity index (χ4v) is 2.80. The number of rotatable bonds is 9. The van der Waals surface area contributed by atoms with Crippen molar-refractivity contribution in [2.24, 2.45) is 0 Å². The van der Waals surface area contributed by atoms with E-state index in [1.54, 1.807) is 12.1 Å². The summed E-state index contributed by atoms with van der Waals surface area (Å²) in [7, 11) is 0. The largest absolute Gasteiger partial charge is 0.486 e. The number of fused-ring (bicyclic) bond motifs is 1. The smallest absolute Gasteiger partial charge is 0.383 e. The molecule has 0 aliphatic heterocycles. The summed E-state index contributed by atoms with van der Waals surface area (Å²) in [6.07, 6.45) is 5.86. The van der Waals surface area contributed by atoms with Crippen LogP contribution in [0.3, 0.4) is 0 Å². The molecule has 0 unspecified atom stereocenters. The van der Waals surface area contributed by atoms with Crippen LogP contribution in [0.5, 0.6) is 17.2 Å². The molecule has 30 heavy (non-hydrogen) atoms. The van der Waals surface area contributed by atoms with Gasteiger partial charge in [0.05, 0.1) is 11.5 Å². The molecular weight excluding hydrogens is 384 g/mol. The van der Waals surface area contributed by atoms with Crippen LogP contribution in [0, 0.1) is 0 Å².